The summed E-state index contributed by atoms with van der Waals surface area (Å²) >= 11 is 1.82. The minimum Gasteiger partial charge on any atom is -0.480 e. The smallest absolute Gasteiger partial charge is 0.329 e. The standard InChI is InChI=1S/C11H20N2O3S/c1-4-11(2,9(14)15)12-10(16)13(3)8-5-6-17-7-8/h8H,4-7H2,1-3H3,(H,12,16)(H,14,15). The molecule has 17 heavy (non-hydrogen) atoms. The van der Waals surface area contributed by atoms with Crippen LogP contribution in [0.15, 0.2) is 0 Å². The van der Waals surface area contributed by atoms with Gasteiger partial charge in [-0.25, -0.2) is 9.59 Å². The van der Waals surface area contributed by atoms with Crippen LogP contribution >= 0.6 is 11.8 Å². The molecule has 2 N–H and O–H groups in total. The molecular formula is C11H20N2O3S. The second kappa shape index (κ2) is 5.62. The second-order valence-corrected chi connectivity index (χ2v) is 5.70. The van der Waals surface area contributed by atoms with E-state index in [4.69, 9.17) is 5.11 Å². The van der Waals surface area contributed by atoms with Crippen LogP contribution in [0.25, 0.3) is 0 Å². The van der Waals surface area contributed by atoms with E-state index in [1.54, 1.807) is 18.9 Å². The average Bonchev–Trinajstić information content (AvgIpc) is 2.80. The van der Waals surface area contributed by atoms with Crippen LogP contribution < -0.4 is 5.32 Å². The minimum atomic E-state index is -1.18. The van der Waals surface area contributed by atoms with E-state index in [-0.39, 0.29) is 12.1 Å². The summed E-state index contributed by atoms with van der Waals surface area (Å²) in [4.78, 5) is 24.7. The summed E-state index contributed by atoms with van der Waals surface area (Å²) < 4.78 is 0. The molecule has 0 aromatic carbocycles. The van der Waals surface area contributed by atoms with Crippen LogP contribution in [-0.4, -0.2) is 52.1 Å². The zero-order valence-corrected chi connectivity index (χ0v) is 11.3. The second-order valence-electron chi connectivity index (χ2n) is 4.55. The number of carbonyl (C=O) groups excluding carboxylic acids is 1. The van der Waals surface area contributed by atoms with Gasteiger partial charge in [0.25, 0.3) is 0 Å². The van der Waals surface area contributed by atoms with Gasteiger partial charge in [0.2, 0.25) is 0 Å². The number of nitrogens with zero attached hydrogens (tertiary/aromatic N) is 1. The average molecular weight is 260 g/mol. The first kappa shape index (κ1) is 14.2. The Balaban J connectivity index is 2.60. The normalized spacial score (nSPS) is 22.9. The third kappa shape index (κ3) is 3.28. The van der Waals surface area contributed by atoms with Crippen molar-refractivity contribution >= 4 is 23.8 Å². The van der Waals surface area contributed by atoms with Gasteiger partial charge >= 0.3 is 12.0 Å². The van der Waals surface area contributed by atoms with Crippen LogP contribution in [0.3, 0.4) is 0 Å². The lowest BCUT2D eigenvalue weighted by molar-refractivity contribution is -0.143. The zero-order chi connectivity index (χ0) is 13.1. The quantitative estimate of drug-likeness (QED) is 0.801. The Labute approximate surface area is 106 Å². The first-order chi connectivity index (χ1) is 7.90. The van der Waals surface area contributed by atoms with Gasteiger partial charge in [-0.05, 0) is 25.5 Å². The van der Waals surface area contributed by atoms with Gasteiger partial charge in [0.1, 0.15) is 5.54 Å². The van der Waals surface area contributed by atoms with E-state index >= 15 is 0 Å². The summed E-state index contributed by atoms with van der Waals surface area (Å²) in [6, 6.07) is -0.0841. The van der Waals surface area contributed by atoms with Crippen LogP contribution in [0.2, 0.25) is 0 Å². The molecule has 0 aromatic rings. The number of rotatable bonds is 4. The lowest BCUT2D eigenvalue weighted by atomic mass is 9.99. The summed E-state index contributed by atoms with van der Waals surface area (Å²) in [6.45, 7) is 3.28. The van der Waals surface area contributed by atoms with Crippen molar-refractivity contribution in [2.24, 2.45) is 0 Å². The van der Waals surface area contributed by atoms with Gasteiger partial charge in [-0.2, -0.15) is 11.8 Å². The Kier molecular flexibility index (Phi) is 4.68. The first-order valence-electron chi connectivity index (χ1n) is 5.77. The zero-order valence-electron chi connectivity index (χ0n) is 10.5. The molecule has 2 unspecified atom stereocenters. The highest BCUT2D eigenvalue weighted by Gasteiger charge is 2.35. The van der Waals surface area contributed by atoms with Gasteiger partial charge in [0, 0.05) is 18.8 Å². The Morgan fingerprint density at radius 1 is 1.59 bits per heavy atom. The Hall–Kier alpha value is -0.910. The van der Waals surface area contributed by atoms with Crippen molar-refractivity contribution in [2.45, 2.75) is 38.3 Å². The third-order valence-corrected chi connectivity index (χ3v) is 4.48. The Morgan fingerprint density at radius 3 is 2.65 bits per heavy atom. The molecule has 1 heterocycles. The third-order valence-electron chi connectivity index (χ3n) is 3.34. The molecule has 0 bridgehead atoms. The molecule has 0 radical (unpaired) electrons. The highest BCUT2D eigenvalue weighted by atomic mass is 32.2. The maximum atomic E-state index is 12.0. The monoisotopic (exact) mass is 260 g/mol. The number of hydrogen-bond donors (Lipinski definition) is 2. The van der Waals surface area contributed by atoms with E-state index in [9.17, 15) is 9.59 Å². The SMILES string of the molecule is CCC(C)(NC(=O)N(C)C1CCSC1)C(=O)O. The van der Waals surface area contributed by atoms with Crippen LogP contribution in [0, 0.1) is 0 Å². The van der Waals surface area contributed by atoms with Gasteiger partial charge in [-0.3, -0.25) is 0 Å². The molecule has 1 rings (SSSR count). The molecule has 1 saturated heterocycles. The van der Waals surface area contributed by atoms with Gasteiger partial charge in [0.05, 0.1) is 0 Å². The van der Waals surface area contributed by atoms with Crippen LogP contribution in [-0.2, 0) is 4.79 Å². The Bertz CT molecular complexity index is 305. The number of thioether (sulfide) groups is 1. The fourth-order valence-corrected chi connectivity index (χ4v) is 2.88. The van der Waals surface area contributed by atoms with E-state index in [1.807, 2.05) is 11.8 Å². The van der Waals surface area contributed by atoms with Crippen molar-refractivity contribution in [3.8, 4) is 0 Å². The number of carbonyl (C=O) groups is 2. The number of urea groups is 1. The Morgan fingerprint density at radius 2 is 2.24 bits per heavy atom. The lowest BCUT2D eigenvalue weighted by Crippen LogP contribution is -2.56. The number of carboxylic acid groups (broad SMARTS) is 1. The van der Waals surface area contributed by atoms with Crippen LogP contribution in [0.1, 0.15) is 26.7 Å². The van der Waals surface area contributed by atoms with Gasteiger partial charge in [-0.15, -0.1) is 0 Å². The van der Waals surface area contributed by atoms with Crippen molar-refractivity contribution < 1.29 is 14.7 Å². The highest BCUT2D eigenvalue weighted by molar-refractivity contribution is 7.99. The number of nitrogens with one attached hydrogen (secondary N) is 1. The molecular weight excluding hydrogens is 240 g/mol. The largest absolute Gasteiger partial charge is 0.480 e. The van der Waals surface area contributed by atoms with Crippen LogP contribution in [0.4, 0.5) is 4.79 Å². The summed E-state index contributed by atoms with van der Waals surface area (Å²) in [5.41, 5.74) is -1.18. The van der Waals surface area contributed by atoms with Crippen molar-refractivity contribution in [2.75, 3.05) is 18.6 Å². The van der Waals surface area contributed by atoms with Crippen molar-refractivity contribution in [1.82, 2.24) is 10.2 Å². The topological polar surface area (TPSA) is 69.6 Å². The fourth-order valence-electron chi connectivity index (χ4n) is 1.61. The minimum absolute atomic E-state index is 0.218. The predicted octanol–water partition coefficient (Wildman–Crippen LogP) is 1.39. The molecule has 5 nitrogen and oxygen atoms in total. The van der Waals surface area contributed by atoms with Crippen molar-refractivity contribution in [3.63, 3.8) is 0 Å². The number of carboxylic acids is 1. The molecule has 1 aliphatic rings. The molecule has 6 heteroatoms. The molecule has 0 spiro atoms. The van der Waals surface area contributed by atoms with E-state index in [1.165, 1.54) is 6.92 Å². The predicted molar refractivity (Wildman–Crippen MR) is 68.4 cm³/mol. The number of aliphatic carboxylic acids is 1. The van der Waals surface area contributed by atoms with Crippen molar-refractivity contribution in [1.29, 1.82) is 0 Å². The molecule has 98 valence electrons. The van der Waals surface area contributed by atoms with E-state index in [2.05, 4.69) is 5.32 Å². The summed E-state index contributed by atoms with van der Waals surface area (Å²) in [5.74, 6) is 0.995. The molecule has 1 fully saturated rings. The van der Waals surface area contributed by atoms with E-state index in [0.717, 1.165) is 17.9 Å². The molecule has 0 saturated carbocycles. The maximum absolute atomic E-state index is 12.0. The first-order valence-corrected chi connectivity index (χ1v) is 6.92. The van der Waals surface area contributed by atoms with E-state index < -0.39 is 11.5 Å². The van der Waals surface area contributed by atoms with E-state index in [0.29, 0.717) is 6.42 Å². The summed E-state index contributed by atoms with van der Waals surface area (Å²) in [5, 5.41) is 11.7. The molecule has 0 aliphatic carbocycles. The van der Waals surface area contributed by atoms with Gasteiger partial charge < -0.3 is 15.3 Å². The molecule has 1 aliphatic heterocycles. The molecule has 2 amide bonds. The molecule has 2 atom stereocenters. The fraction of sp³-hybridized carbons (Fsp3) is 0.818. The van der Waals surface area contributed by atoms with Crippen molar-refractivity contribution in [3.05, 3.63) is 0 Å². The maximum Gasteiger partial charge on any atom is 0.329 e. The van der Waals surface area contributed by atoms with Gasteiger partial charge in [0.15, 0.2) is 0 Å². The molecule has 0 aromatic heterocycles. The van der Waals surface area contributed by atoms with Gasteiger partial charge in [-0.1, -0.05) is 6.92 Å². The lowest BCUT2D eigenvalue weighted by Gasteiger charge is -2.30. The summed E-state index contributed by atoms with van der Waals surface area (Å²) in [7, 11) is 1.73. The van der Waals surface area contributed by atoms with Crippen LogP contribution in [0.5, 0.6) is 0 Å². The summed E-state index contributed by atoms with van der Waals surface area (Å²) in [6.07, 6.45) is 1.34. The number of amides is 2. The number of hydrogen-bond acceptors (Lipinski definition) is 3. The highest BCUT2D eigenvalue weighted by Crippen LogP contribution is 2.21.